The van der Waals surface area contributed by atoms with Gasteiger partial charge in [-0.2, -0.15) is 0 Å². The average Bonchev–Trinajstić information content (AvgIpc) is 3.39. The fourth-order valence-corrected chi connectivity index (χ4v) is 4.75. The molecule has 1 N–H and O–H groups in total. The summed E-state index contributed by atoms with van der Waals surface area (Å²) in [6, 6.07) is 11.9. The minimum Gasteiger partial charge on any atom is -0.493 e. The summed E-state index contributed by atoms with van der Waals surface area (Å²) >= 11 is 1.64. The summed E-state index contributed by atoms with van der Waals surface area (Å²) in [6.45, 7) is 7.25. The highest BCUT2D eigenvalue weighted by atomic mass is 32.1. The van der Waals surface area contributed by atoms with Gasteiger partial charge in [-0.15, -0.1) is 11.3 Å². The molecule has 4 rings (SSSR count). The molecule has 3 heterocycles. The van der Waals surface area contributed by atoms with Gasteiger partial charge in [0.25, 0.3) is 0 Å². The average molecular weight is 413 g/mol. The van der Waals surface area contributed by atoms with Gasteiger partial charge in [-0.25, -0.2) is 4.98 Å². The van der Waals surface area contributed by atoms with Gasteiger partial charge in [0.15, 0.2) is 0 Å². The molecular formula is C23H28N2O3S. The van der Waals surface area contributed by atoms with Crippen molar-refractivity contribution >= 4 is 11.3 Å². The fourth-order valence-electron chi connectivity index (χ4n) is 3.95. The maximum absolute atomic E-state index is 10.6. The van der Waals surface area contributed by atoms with Gasteiger partial charge in [0.2, 0.25) is 5.89 Å². The first kappa shape index (κ1) is 20.1. The number of oxazole rings is 1. The largest absolute Gasteiger partial charge is 0.493 e. The van der Waals surface area contributed by atoms with Crippen molar-refractivity contribution < 1.29 is 14.3 Å². The molecule has 29 heavy (non-hydrogen) atoms. The maximum Gasteiger partial charge on any atom is 0.230 e. The number of hydrogen-bond acceptors (Lipinski definition) is 6. The van der Waals surface area contributed by atoms with Gasteiger partial charge < -0.3 is 14.3 Å². The van der Waals surface area contributed by atoms with Crippen LogP contribution in [0.5, 0.6) is 5.75 Å². The molecule has 0 aliphatic carbocycles. The Morgan fingerprint density at radius 3 is 2.76 bits per heavy atom. The van der Waals surface area contributed by atoms with E-state index in [-0.39, 0.29) is 6.10 Å². The molecule has 0 amide bonds. The molecule has 5 nitrogen and oxygen atoms in total. The van der Waals surface area contributed by atoms with E-state index >= 15 is 0 Å². The molecule has 1 aliphatic heterocycles. The van der Waals surface area contributed by atoms with Gasteiger partial charge in [-0.3, -0.25) is 4.90 Å². The normalized spacial score (nSPS) is 16.8. The van der Waals surface area contributed by atoms with E-state index in [1.165, 1.54) is 0 Å². The predicted molar refractivity (Wildman–Crippen MR) is 115 cm³/mol. The Morgan fingerprint density at radius 1 is 1.24 bits per heavy atom. The number of aliphatic hydroxyl groups excluding tert-OH is 1. The van der Waals surface area contributed by atoms with Crippen molar-refractivity contribution in [3.63, 3.8) is 0 Å². The maximum atomic E-state index is 10.6. The third-order valence-electron chi connectivity index (χ3n) is 5.60. The number of rotatable bonds is 7. The van der Waals surface area contributed by atoms with Crippen LogP contribution in [0.2, 0.25) is 0 Å². The summed E-state index contributed by atoms with van der Waals surface area (Å²) in [5.41, 5.74) is 1.87. The van der Waals surface area contributed by atoms with Crippen molar-refractivity contribution in [2.75, 3.05) is 19.7 Å². The number of benzene rings is 1. The van der Waals surface area contributed by atoms with E-state index in [1.54, 1.807) is 11.3 Å². The number of likely N-dealkylation sites (tertiary alicyclic amines) is 1. The summed E-state index contributed by atoms with van der Waals surface area (Å²) in [6.07, 6.45) is 1.65. The van der Waals surface area contributed by atoms with Crippen LogP contribution in [0.15, 0.2) is 46.2 Å². The van der Waals surface area contributed by atoms with Crippen LogP contribution in [0.3, 0.4) is 0 Å². The minimum absolute atomic E-state index is 0.330. The Hall–Kier alpha value is -2.15. The molecule has 0 unspecified atom stereocenters. The van der Waals surface area contributed by atoms with Gasteiger partial charge in [0.1, 0.15) is 11.5 Å². The van der Waals surface area contributed by atoms with Gasteiger partial charge in [-0.1, -0.05) is 18.2 Å². The van der Waals surface area contributed by atoms with E-state index in [4.69, 9.17) is 14.1 Å². The van der Waals surface area contributed by atoms with Crippen LogP contribution in [-0.4, -0.2) is 34.7 Å². The van der Waals surface area contributed by atoms with E-state index in [2.05, 4.69) is 4.90 Å². The van der Waals surface area contributed by atoms with Crippen molar-refractivity contribution in [3.8, 4) is 17.2 Å². The lowest BCUT2D eigenvalue weighted by Gasteiger charge is -2.33. The molecule has 1 aromatic carbocycles. The van der Waals surface area contributed by atoms with E-state index in [0.717, 1.165) is 60.1 Å². The first-order valence-corrected chi connectivity index (χ1v) is 11.2. The molecule has 2 aromatic heterocycles. The quantitative estimate of drug-likeness (QED) is 0.588. The highest BCUT2D eigenvalue weighted by Crippen LogP contribution is 2.34. The summed E-state index contributed by atoms with van der Waals surface area (Å²) in [7, 11) is 0. The predicted octanol–water partition coefficient (Wildman–Crippen LogP) is 5.06. The lowest BCUT2D eigenvalue weighted by molar-refractivity contribution is 0.0586. The number of hydrogen-bond donors (Lipinski definition) is 1. The number of aromatic nitrogens is 1. The summed E-state index contributed by atoms with van der Waals surface area (Å²) < 4.78 is 11.7. The number of aryl methyl sites for hydroxylation is 1. The highest BCUT2D eigenvalue weighted by Gasteiger charge is 2.27. The first-order chi connectivity index (χ1) is 14.2. The minimum atomic E-state index is -0.340. The standard InChI is InChI=1S/C23H28N2O3S/c1-3-27-20-8-5-4-7-18(20)23-24-19(16(2)28-23)15-25-12-10-17(11-13-25)22(26)21-9-6-14-29-21/h4-9,14,17,22,26H,3,10-13,15H2,1-2H3/t22-/m1/s1. The molecule has 1 saturated heterocycles. The Balaban J connectivity index is 1.40. The Morgan fingerprint density at radius 2 is 2.03 bits per heavy atom. The molecule has 1 fully saturated rings. The number of nitrogens with zero attached hydrogens (tertiary/aromatic N) is 2. The smallest absolute Gasteiger partial charge is 0.230 e. The summed E-state index contributed by atoms with van der Waals surface area (Å²) in [4.78, 5) is 8.26. The van der Waals surface area contributed by atoms with E-state index in [0.29, 0.717) is 18.4 Å². The molecule has 6 heteroatoms. The van der Waals surface area contributed by atoms with Crippen LogP contribution < -0.4 is 4.74 Å². The van der Waals surface area contributed by atoms with Crippen molar-refractivity contribution in [2.24, 2.45) is 5.92 Å². The van der Waals surface area contributed by atoms with Crippen LogP contribution in [0.4, 0.5) is 0 Å². The molecule has 1 aliphatic rings. The first-order valence-electron chi connectivity index (χ1n) is 10.3. The second-order valence-corrected chi connectivity index (χ2v) is 8.50. The molecule has 1 atom stereocenters. The topological polar surface area (TPSA) is 58.7 Å². The fraction of sp³-hybridized carbons (Fsp3) is 0.435. The molecule has 0 bridgehead atoms. The Labute approximate surface area is 176 Å². The van der Waals surface area contributed by atoms with Crippen molar-refractivity contribution in [3.05, 3.63) is 58.1 Å². The lowest BCUT2D eigenvalue weighted by Crippen LogP contribution is -2.35. The van der Waals surface area contributed by atoms with E-state index in [9.17, 15) is 5.11 Å². The van der Waals surface area contributed by atoms with Crippen LogP contribution in [0, 0.1) is 12.8 Å². The van der Waals surface area contributed by atoms with E-state index in [1.807, 2.05) is 55.6 Å². The number of piperidine rings is 1. The number of thiophene rings is 1. The zero-order chi connectivity index (χ0) is 20.2. The third kappa shape index (κ3) is 4.55. The molecule has 154 valence electrons. The second kappa shape index (κ2) is 9.11. The van der Waals surface area contributed by atoms with E-state index < -0.39 is 0 Å². The second-order valence-electron chi connectivity index (χ2n) is 7.52. The lowest BCUT2D eigenvalue weighted by atomic mass is 9.90. The summed E-state index contributed by atoms with van der Waals surface area (Å²) in [5, 5.41) is 12.6. The monoisotopic (exact) mass is 412 g/mol. The van der Waals surface area contributed by atoms with Gasteiger partial charge in [-0.05, 0) is 69.3 Å². The molecule has 0 spiro atoms. The number of ether oxygens (including phenoxy) is 1. The van der Waals surface area contributed by atoms with Gasteiger partial charge in [0.05, 0.1) is 24.0 Å². The van der Waals surface area contributed by atoms with Crippen molar-refractivity contribution in [1.82, 2.24) is 9.88 Å². The zero-order valence-corrected chi connectivity index (χ0v) is 17.8. The zero-order valence-electron chi connectivity index (χ0n) is 17.0. The Bertz CT molecular complexity index is 914. The van der Waals surface area contributed by atoms with Crippen LogP contribution in [0.25, 0.3) is 11.5 Å². The van der Waals surface area contributed by atoms with Gasteiger partial charge >= 0.3 is 0 Å². The van der Waals surface area contributed by atoms with Crippen LogP contribution in [-0.2, 0) is 6.54 Å². The number of aliphatic hydroxyl groups is 1. The third-order valence-corrected chi connectivity index (χ3v) is 6.54. The summed E-state index contributed by atoms with van der Waals surface area (Å²) in [5.74, 6) is 2.60. The molecule has 0 saturated carbocycles. The SMILES string of the molecule is CCOc1ccccc1-c1nc(CN2CCC([C@@H](O)c3cccs3)CC2)c(C)o1. The molecule has 3 aromatic rings. The van der Waals surface area contributed by atoms with Gasteiger partial charge in [0, 0.05) is 11.4 Å². The van der Waals surface area contributed by atoms with Crippen molar-refractivity contribution in [2.45, 2.75) is 39.3 Å². The number of para-hydroxylation sites is 1. The van der Waals surface area contributed by atoms with Crippen LogP contribution in [0.1, 0.15) is 42.2 Å². The Kier molecular flexibility index (Phi) is 6.33. The van der Waals surface area contributed by atoms with Crippen LogP contribution >= 0.6 is 11.3 Å². The highest BCUT2D eigenvalue weighted by molar-refractivity contribution is 7.10. The molecular weight excluding hydrogens is 384 g/mol. The van der Waals surface area contributed by atoms with Crippen molar-refractivity contribution in [1.29, 1.82) is 0 Å². The molecule has 0 radical (unpaired) electrons.